The van der Waals surface area contributed by atoms with Gasteiger partial charge in [0.1, 0.15) is 4.90 Å². The number of hydrogen-bond acceptors (Lipinski definition) is 3. The summed E-state index contributed by atoms with van der Waals surface area (Å²) in [6.45, 7) is 2.14. The van der Waals surface area contributed by atoms with Crippen molar-refractivity contribution in [1.29, 1.82) is 0 Å². The minimum absolute atomic E-state index is 0.192. The summed E-state index contributed by atoms with van der Waals surface area (Å²) in [5, 5.41) is 3.90. The molecular weight excluding hydrogens is 286 g/mol. The normalized spacial score (nSPS) is 28.5. The van der Waals surface area contributed by atoms with Crippen molar-refractivity contribution in [1.82, 2.24) is 14.5 Å². The van der Waals surface area contributed by atoms with Gasteiger partial charge < -0.3 is 0 Å². The minimum atomic E-state index is -3.55. The number of aryl methyl sites for hydroxylation is 1. The van der Waals surface area contributed by atoms with Gasteiger partial charge in [-0.05, 0) is 18.8 Å². The SMILES string of the molecule is CC1CCCC(CCl)(NS(=O)(=O)c2cnn(C)c2)C1. The van der Waals surface area contributed by atoms with Crippen molar-refractivity contribution in [2.24, 2.45) is 13.0 Å². The molecule has 1 aliphatic carbocycles. The van der Waals surface area contributed by atoms with Gasteiger partial charge in [-0.1, -0.05) is 19.8 Å². The molecule has 2 unspecified atom stereocenters. The Morgan fingerprint density at radius 2 is 2.37 bits per heavy atom. The highest BCUT2D eigenvalue weighted by Crippen LogP contribution is 2.34. The number of aromatic nitrogens is 2. The van der Waals surface area contributed by atoms with E-state index in [4.69, 9.17) is 11.6 Å². The lowest BCUT2D eigenvalue weighted by Gasteiger charge is -2.38. The van der Waals surface area contributed by atoms with Crippen LogP contribution in [0.1, 0.15) is 32.6 Å². The lowest BCUT2D eigenvalue weighted by molar-refractivity contribution is 0.239. The van der Waals surface area contributed by atoms with E-state index in [2.05, 4.69) is 16.7 Å². The molecule has 2 rings (SSSR count). The van der Waals surface area contributed by atoms with Gasteiger partial charge in [-0.3, -0.25) is 4.68 Å². The molecule has 0 aliphatic heterocycles. The zero-order valence-electron chi connectivity index (χ0n) is 11.3. The molecule has 1 aromatic rings. The molecule has 0 spiro atoms. The Bertz CT molecular complexity index is 543. The van der Waals surface area contributed by atoms with Crippen LogP contribution in [0.4, 0.5) is 0 Å². The topological polar surface area (TPSA) is 64.0 Å². The first-order valence-corrected chi connectivity index (χ1v) is 8.47. The second-order valence-electron chi connectivity index (χ2n) is 5.57. The summed E-state index contributed by atoms with van der Waals surface area (Å²) < 4.78 is 29.0. The van der Waals surface area contributed by atoms with E-state index in [9.17, 15) is 8.42 Å². The molecular formula is C12H20ClN3O2S. The largest absolute Gasteiger partial charge is 0.274 e. The molecule has 108 valence electrons. The third kappa shape index (κ3) is 3.30. The van der Waals surface area contributed by atoms with Crippen molar-refractivity contribution in [2.45, 2.75) is 43.0 Å². The molecule has 2 atom stereocenters. The molecule has 1 aliphatic rings. The summed E-state index contributed by atoms with van der Waals surface area (Å²) in [4.78, 5) is 0.192. The fourth-order valence-electron chi connectivity index (χ4n) is 2.78. The monoisotopic (exact) mass is 305 g/mol. The van der Waals surface area contributed by atoms with Crippen molar-refractivity contribution >= 4 is 21.6 Å². The second-order valence-corrected chi connectivity index (χ2v) is 7.52. The molecule has 1 aromatic heterocycles. The van der Waals surface area contributed by atoms with Crippen molar-refractivity contribution < 1.29 is 8.42 Å². The lowest BCUT2D eigenvalue weighted by atomic mass is 9.78. The molecule has 0 amide bonds. The van der Waals surface area contributed by atoms with Gasteiger partial charge in [0.05, 0.1) is 6.20 Å². The summed E-state index contributed by atoms with van der Waals surface area (Å²) in [5.41, 5.74) is -0.520. The van der Waals surface area contributed by atoms with E-state index in [0.717, 1.165) is 25.7 Å². The first kappa shape index (κ1) is 14.8. The highest BCUT2D eigenvalue weighted by Gasteiger charge is 2.38. The van der Waals surface area contributed by atoms with E-state index in [0.29, 0.717) is 11.8 Å². The van der Waals surface area contributed by atoms with Crippen LogP contribution in [0, 0.1) is 5.92 Å². The standard InChI is InChI=1S/C12H20ClN3O2S/c1-10-4-3-5-12(6-10,9-13)15-19(17,18)11-7-14-16(2)8-11/h7-8,10,15H,3-6,9H2,1-2H3. The number of halogens is 1. The molecule has 0 saturated heterocycles. The number of alkyl halides is 1. The molecule has 0 bridgehead atoms. The number of hydrogen-bond donors (Lipinski definition) is 1. The quantitative estimate of drug-likeness (QED) is 0.864. The Labute approximate surface area is 119 Å². The minimum Gasteiger partial charge on any atom is -0.274 e. The van der Waals surface area contributed by atoms with E-state index >= 15 is 0 Å². The molecule has 1 heterocycles. The Kier molecular flexibility index (Phi) is 4.23. The zero-order valence-corrected chi connectivity index (χ0v) is 12.8. The van der Waals surface area contributed by atoms with Gasteiger partial charge in [-0.2, -0.15) is 5.10 Å². The lowest BCUT2D eigenvalue weighted by Crippen LogP contribution is -2.52. The van der Waals surface area contributed by atoms with E-state index in [-0.39, 0.29) is 4.90 Å². The summed E-state index contributed by atoms with van der Waals surface area (Å²) in [6, 6.07) is 0. The number of nitrogens with one attached hydrogen (secondary N) is 1. The third-order valence-electron chi connectivity index (χ3n) is 3.69. The first-order valence-electron chi connectivity index (χ1n) is 6.45. The van der Waals surface area contributed by atoms with Gasteiger partial charge in [0.15, 0.2) is 0 Å². The van der Waals surface area contributed by atoms with E-state index in [1.165, 1.54) is 17.1 Å². The van der Waals surface area contributed by atoms with Crippen LogP contribution in [0.25, 0.3) is 0 Å². The fraction of sp³-hybridized carbons (Fsp3) is 0.750. The predicted octanol–water partition coefficient (Wildman–Crippen LogP) is 1.89. The Morgan fingerprint density at radius 3 is 2.89 bits per heavy atom. The van der Waals surface area contributed by atoms with Crippen LogP contribution in [-0.4, -0.2) is 29.6 Å². The van der Waals surface area contributed by atoms with Crippen LogP contribution in [0.3, 0.4) is 0 Å². The van der Waals surface area contributed by atoms with E-state index < -0.39 is 15.6 Å². The van der Waals surface area contributed by atoms with Gasteiger partial charge in [0, 0.05) is 24.7 Å². The van der Waals surface area contributed by atoms with Crippen molar-refractivity contribution in [2.75, 3.05) is 5.88 Å². The Morgan fingerprint density at radius 1 is 1.63 bits per heavy atom. The average Bonchev–Trinajstić information content (AvgIpc) is 2.76. The first-order chi connectivity index (χ1) is 8.87. The Balaban J connectivity index is 2.22. The van der Waals surface area contributed by atoms with Crippen LogP contribution in [0.15, 0.2) is 17.3 Å². The highest BCUT2D eigenvalue weighted by molar-refractivity contribution is 7.89. The smallest absolute Gasteiger partial charge is 0.244 e. The highest BCUT2D eigenvalue weighted by atomic mass is 35.5. The number of rotatable bonds is 4. The molecule has 1 N–H and O–H groups in total. The summed E-state index contributed by atoms with van der Waals surface area (Å²) in [5.74, 6) is 0.792. The van der Waals surface area contributed by atoms with Crippen molar-refractivity contribution in [3.63, 3.8) is 0 Å². The van der Waals surface area contributed by atoms with Gasteiger partial charge in [-0.15, -0.1) is 11.6 Å². The van der Waals surface area contributed by atoms with Gasteiger partial charge in [0.25, 0.3) is 0 Å². The number of sulfonamides is 1. The molecule has 0 aromatic carbocycles. The zero-order chi connectivity index (χ0) is 14.1. The van der Waals surface area contributed by atoms with Crippen LogP contribution in [-0.2, 0) is 17.1 Å². The molecule has 0 radical (unpaired) electrons. The van der Waals surface area contributed by atoms with Crippen LogP contribution < -0.4 is 4.72 Å². The predicted molar refractivity (Wildman–Crippen MR) is 74.6 cm³/mol. The maximum absolute atomic E-state index is 12.4. The summed E-state index contributed by atoms with van der Waals surface area (Å²) >= 11 is 6.05. The van der Waals surface area contributed by atoms with Crippen LogP contribution in [0.5, 0.6) is 0 Å². The van der Waals surface area contributed by atoms with E-state index in [1.54, 1.807) is 7.05 Å². The van der Waals surface area contributed by atoms with Crippen molar-refractivity contribution in [3.05, 3.63) is 12.4 Å². The second kappa shape index (κ2) is 5.42. The summed E-state index contributed by atoms with van der Waals surface area (Å²) in [6.07, 6.45) is 6.57. The Hall–Kier alpha value is -0.590. The van der Waals surface area contributed by atoms with Crippen molar-refractivity contribution in [3.8, 4) is 0 Å². The molecule has 5 nitrogen and oxygen atoms in total. The summed E-state index contributed by atoms with van der Waals surface area (Å²) in [7, 11) is -1.86. The fourth-order valence-corrected chi connectivity index (χ4v) is 4.59. The third-order valence-corrected chi connectivity index (χ3v) is 5.73. The molecule has 7 heteroatoms. The molecule has 19 heavy (non-hydrogen) atoms. The van der Waals surface area contributed by atoms with Gasteiger partial charge in [-0.25, -0.2) is 13.1 Å². The maximum Gasteiger partial charge on any atom is 0.244 e. The molecule has 1 saturated carbocycles. The molecule has 1 fully saturated rings. The maximum atomic E-state index is 12.4. The van der Waals surface area contributed by atoms with E-state index in [1.807, 2.05) is 0 Å². The number of nitrogens with zero attached hydrogens (tertiary/aromatic N) is 2. The van der Waals surface area contributed by atoms with Crippen LogP contribution in [0.2, 0.25) is 0 Å². The average molecular weight is 306 g/mol. The van der Waals surface area contributed by atoms with Gasteiger partial charge in [0.2, 0.25) is 10.0 Å². The van der Waals surface area contributed by atoms with Crippen LogP contribution >= 0.6 is 11.6 Å². The van der Waals surface area contributed by atoms with Gasteiger partial charge >= 0.3 is 0 Å².